The van der Waals surface area contributed by atoms with Crippen LogP contribution in [0.25, 0.3) is 16.5 Å². The number of carbonyl (C=O) groups is 2. The first kappa shape index (κ1) is 48.0. The first-order valence-electron chi connectivity index (χ1n) is 23.8. The van der Waals surface area contributed by atoms with Crippen LogP contribution in [0.15, 0.2) is 227 Å². The Morgan fingerprint density at radius 2 is 0.877 bits per heavy atom. The van der Waals surface area contributed by atoms with Gasteiger partial charge >= 0.3 is 31.4 Å². The first-order chi connectivity index (χ1) is 34.9. The van der Waals surface area contributed by atoms with E-state index in [0.29, 0.717) is 51.1 Å². The standard InChI is InChI=1S/C62H49N6O4.Zn/c1-37-5-21-45(22-6-37)67(46-23-7-38(2)8-24-46)59-53-33-31-51(64-53)57(41-13-17-43(18-14-41)61(69)70)49-29-30-50(63-49)58(42-15-19-44(20-16-42)62(71)72)52-32-34-54(65-52)60(56-36-35-55(59)66-56)68(47-25-9-39(3)10-26-47)48-27-11-40(4)12-28-48;/h5-35,56H,36H2,1-4H3,(H3,63,64,65,69,70,71,72);/q-1;+2/p-1/b59-53+,60-54+;. The molecule has 0 saturated heterocycles. The summed E-state index contributed by atoms with van der Waals surface area (Å²) in [6.45, 7) is 8.33. The van der Waals surface area contributed by atoms with Crippen molar-refractivity contribution in [1.82, 2.24) is 4.98 Å². The average Bonchev–Trinajstić information content (AvgIpc) is 4.25. The molecule has 8 bridgehead atoms. The van der Waals surface area contributed by atoms with E-state index in [4.69, 9.17) is 20.3 Å². The minimum Gasteiger partial charge on any atom is -0.675 e. The molecule has 0 amide bonds. The summed E-state index contributed by atoms with van der Waals surface area (Å²) >= 11 is 0. The summed E-state index contributed by atoms with van der Waals surface area (Å²) in [7, 11) is 0. The van der Waals surface area contributed by atoms with E-state index < -0.39 is 18.0 Å². The fourth-order valence-corrected chi connectivity index (χ4v) is 9.56. The Balaban J connectivity index is 0.00000611. The van der Waals surface area contributed by atoms with Crippen molar-refractivity contribution >= 4 is 57.3 Å². The zero-order valence-corrected chi connectivity index (χ0v) is 43.8. The fourth-order valence-electron chi connectivity index (χ4n) is 9.56. The molecule has 2 N–H and O–H groups in total. The van der Waals surface area contributed by atoms with Crippen LogP contribution in [-0.2, 0) is 19.5 Å². The molecule has 6 aromatic carbocycles. The molecular weight excluding hydrogens is 958 g/mol. The van der Waals surface area contributed by atoms with Crippen molar-refractivity contribution in [2.24, 2.45) is 9.98 Å². The van der Waals surface area contributed by atoms with Gasteiger partial charge in [-0.2, -0.15) is 0 Å². The second kappa shape index (κ2) is 19.9. The Bertz CT molecular complexity index is 3600. The van der Waals surface area contributed by atoms with Crippen LogP contribution in [0.4, 0.5) is 22.7 Å². The fraction of sp³-hybridized carbons (Fsp3) is 0.0968. The van der Waals surface area contributed by atoms with Gasteiger partial charge in [0.1, 0.15) is 0 Å². The Labute approximate surface area is 436 Å². The van der Waals surface area contributed by atoms with E-state index in [1.54, 1.807) is 48.5 Å². The number of benzene rings is 6. The van der Waals surface area contributed by atoms with Crippen LogP contribution in [-0.4, -0.2) is 39.6 Å². The van der Waals surface area contributed by atoms with Gasteiger partial charge in [0.25, 0.3) is 0 Å². The topological polar surface area (TPSA) is 134 Å². The predicted molar refractivity (Wildman–Crippen MR) is 287 cm³/mol. The molecule has 1 unspecified atom stereocenters. The first-order valence-corrected chi connectivity index (χ1v) is 23.8. The van der Waals surface area contributed by atoms with Gasteiger partial charge in [0.05, 0.1) is 39.6 Å². The largest absolute Gasteiger partial charge is 2.00 e. The second-order valence-electron chi connectivity index (χ2n) is 18.4. The normalized spacial score (nSPS) is 19.1. The van der Waals surface area contributed by atoms with Crippen LogP contribution in [0.3, 0.4) is 0 Å². The summed E-state index contributed by atoms with van der Waals surface area (Å²) in [4.78, 5) is 45.1. The molecular formula is C62H48N6O4Zn. The van der Waals surface area contributed by atoms with Gasteiger partial charge in [-0.25, -0.2) is 19.6 Å². The number of nitrogens with zero attached hydrogens (tertiary/aromatic N) is 6. The summed E-state index contributed by atoms with van der Waals surface area (Å²) in [5, 5.41) is 26.8. The SMILES string of the molecule is Cc1ccc(N(/C2=C3\C=CC(=N3)/C(c3ccc(C(=O)O)cc3)=c3/cc/c([n-]3)=C(\c3ccc(C(=O)O)cc3)C3=N/C(=C(/N(c4ccc(C)cc4)c4ccc(C)cc4)C4CC=C2[N-]4)C=C3)c2ccc(C)cc2)cc1.[Zn+2]. The Hall–Kier alpha value is -8.66. The third-order valence-corrected chi connectivity index (χ3v) is 13.3. The van der Waals surface area contributed by atoms with Gasteiger partial charge in [-0.15, -0.1) is 16.4 Å². The summed E-state index contributed by atoms with van der Waals surface area (Å²) in [6, 6.07) is 51.0. The zero-order valence-electron chi connectivity index (χ0n) is 40.8. The van der Waals surface area contributed by atoms with Gasteiger partial charge in [-0.3, -0.25) is 0 Å². The van der Waals surface area contributed by atoms with Crippen LogP contribution < -0.4 is 25.5 Å². The minimum absolute atomic E-state index is 0. The number of hydrogen-bond acceptors (Lipinski definition) is 6. The van der Waals surface area contributed by atoms with Gasteiger partial charge in [0.15, 0.2) is 0 Å². The maximum atomic E-state index is 12.1. The van der Waals surface area contributed by atoms with Gasteiger partial charge in [-0.1, -0.05) is 119 Å². The van der Waals surface area contributed by atoms with Gasteiger partial charge < -0.3 is 30.3 Å². The molecule has 4 aliphatic rings. The molecule has 0 radical (unpaired) electrons. The summed E-state index contributed by atoms with van der Waals surface area (Å²) in [6.07, 6.45) is 10.8. The number of fused-ring (bicyclic) bond motifs is 6. The Morgan fingerprint density at radius 1 is 0.493 bits per heavy atom. The number of anilines is 4. The molecule has 0 aliphatic carbocycles. The van der Waals surface area contributed by atoms with E-state index >= 15 is 0 Å². The van der Waals surface area contributed by atoms with E-state index in [1.165, 1.54) is 0 Å². The maximum Gasteiger partial charge on any atom is 2.00 e. The molecule has 0 spiro atoms. The molecule has 5 heterocycles. The molecule has 1 aromatic heterocycles. The van der Waals surface area contributed by atoms with Crippen molar-refractivity contribution in [3.8, 4) is 0 Å². The van der Waals surface area contributed by atoms with Gasteiger partial charge in [-0.05, 0) is 153 Å². The molecule has 352 valence electrons. The van der Waals surface area contributed by atoms with Crippen molar-refractivity contribution in [3.63, 3.8) is 0 Å². The molecule has 11 rings (SSSR count). The van der Waals surface area contributed by atoms with Gasteiger partial charge in [0.2, 0.25) is 0 Å². The molecule has 11 heteroatoms. The molecule has 0 saturated carbocycles. The zero-order chi connectivity index (χ0) is 49.6. The van der Waals surface area contributed by atoms with E-state index in [0.717, 1.165) is 73.2 Å². The van der Waals surface area contributed by atoms with Crippen molar-refractivity contribution in [3.05, 3.63) is 277 Å². The van der Waals surface area contributed by atoms with E-state index in [9.17, 15) is 19.8 Å². The number of aromatic carboxylic acids is 2. The molecule has 4 aliphatic heterocycles. The number of aromatic nitrogens is 1. The number of rotatable bonds is 10. The van der Waals surface area contributed by atoms with Crippen molar-refractivity contribution in [2.45, 2.75) is 40.2 Å². The molecule has 0 fully saturated rings. The van der Waals surface area contributed by atoms with Crippen LogP contribution in [0.2, 0.25) is 0 Å². The average molecular weight is 1010 g/mol. The van der Waals surface area contributed by atoms with E-state index in [-0.39, 0.29) is 30.6 Å². The van der Waals surface area contributed by atoms with Crippen LogP contribution in [0, 0.1) is 27.7 Å². The third-order valence-electron chi connectivity index (χ3n) is 13.3. The molecule has 10 nitrogen and oxygen atoms in total. The number of allylic oxidation sites excluding steroid dienone is 4. The van der Waals surface area contributed by atoms with Crippen molar-refractivity contribution in [1.29, 1.82) is 0 Å². The van der Waals surface area contributed by atoms with Crippen LogP contribution >= 0.6 is 0 Å². The molecule has 1 atom stereocenters. The van der Waals surface area contributed by atoms with E-state index in [1.807, 2.05) is 36.4 Å². The number of hydrogen-bond donors (Lipinski definition) is 2. The molecule has 7 aromatic rings. The number of carboxylic acids is 2. The van der Waals surface area contributed by atoms with Crippen LogP contribution in [0.5, 0.6) is 0 Å². The quantitative estimate of drug-likeness (QED) is 0.130. The summed E-state index contributed by atoms with van der Waals surface area (Å²) in [5.41, 5.74) is 16.5. The van der Waals surface area contributed by atoms with E-state index in [2.05, 4.69) is 141 Å². The minimum atomic E-state index is -1.03. The van der Waals surface area contributed by atoms with Crippen molar-refractivity contribution < 1.29 is 39.3 Å². The summed E-state index contributed by atoms with van der Waals surface area (Å²) < 4.78 is 0. The Morgan fingerprint density at radius 3 is 1.29 bits per heavy atom. The molecule has 73 heavy (non-hydrogen) atoms. The Kier molecular flexibility index (Phi) is 13.1. The third kappa shape index (κ3) is 9.39. The van der Waals surface area contributed by atoms with Crippen molar-refractivity contribution in [2.75, 3.05) is 9.80 Å². The number of aryl methyl sites for hydroxylation is 4. The van der Waals surface area contributed by atoms with Crippen LogP contribution in [0.1, 0.15) is 60.5 Å². The number of aliphatic imine (C=N–C) groups is 2. The second-order valence-corrected chi connectivity index (χ2v) is 18.4. The maximum absolute atomic E-state index is 12.1. The number of carboxylic acid groups (broad SMARTS) is 2. The van der Waals surface area contributed by atoms with Gasteiger partial charge in [0, 0.05) is 28.4 Å². The monoisotopic (exact) mass is 1000 g/mol. The smallest absolute Gasteiger partial charge is 0.675 e. The predicted octanol–water partition coefficient (Wildman–Crippen LogP) is 11.8. The summed E-state index contributed by atoms with van der Waals surface area (Å²) in [5.74, 6) is -2.05.